The number of nitrogen functional groups attached to an aromatic ring is 1. The highest BCUT2D eigenvalue weighted by molar-refractivity contribution is 7.99. The van der Waals surface area contributed by atoms with Gasteiger partial charge in [0.1, 0.15) is 11.4 Å². The zero-order valence-electron chi connectivity index (χ0n) is 17.8. The number of rotatable bonds is 9. The van der Waals surface area contributed by atoms with Crippen LogP contribution in [0.1, 0.15) is 35.7 Å². The highest BCUT2D eigenvalue weighted by Gasteiger charge is 2.30. The van der Waals surface area contributed by atoms with Crippen molar-refractivity contribution in [1.29, 1.82) is 0 Å². The number of nitrogens with zero attached hydrogens (tertiary/aromatic N) is 3. The van der Waals surface area contributed by atoms with E-state index in [1.165, 1.54) is 9.13 Å². The van der Waals surface area contributed by atoms with Gasteiger partial charge < -0.3 is 10.5 Å². The van der Waals surface area contributed by atoms with E-state index < -0.39 is 17.0 Å². The van der Waals surface area contributed by atoms with Crippen molar-refractivity contribution in [3.63, 3.8) is 0 Å². The SMILES string of the molecule is COCCCn1c(SCC(=O)c2c(N)n(C3CC3)c(=O)[nH]c2=O)nc2cc(Cl)ccc2c1=O. The molecule has 174 valence electrons. The van der Waals surface area contributed by atoms with Gasteiger partial charge in [0.05, 0.1) is 16.7 Å². The molecule has 4 rings (SSSR count). The van der Waals surface area contributed by atoms with Crippen LogP contribution < -0.4 is 22.5 Å². The highest BCUT2D eigenvalue weighted by atomic mass is 35.5. The minimum atomic E-state index is -0.823. The zero-order valence-corrected chi connectivity index (χ0v) is 19.4. The number of methoxy groups -OCH3 is 1. The molecule has 2 aromatic heterocycles. The van der Waals surface area contributed by atoms with Crippen molar-refractivity contribution >= 4 is 45.9 Å². The molecule has 2 heterocycles. The van der Waals surface area contributed by atoms with Crippen LogP contribution in [0.25, 0.3) is 10.9 Å². The minimum absolute atomic E-state index is 0.105. The maximum Gasteiger partial charge on any atom is 0.330 e. The lowest BCUT2D eigenvalue weighted by atomic mass is 10.2. The first-order valence-corrected chi connectivity index (χ1v) is 11.7. The molecule has 1 aliphatic rings. The number of hydrogen-bond acceptors (Lipinski definition) is 8. The van der Waals surface area contributed by atoms with E-state index in [0.717, 1.165) is 24.6 Å². The number of H-pyrrole nitrogens is 1. The Labute approximate surface area is 196 Å². The van der Waals surface area contributed by atoms with E-state index in [1.54, 1.807) is 25.3 Å². The molecule has 1 aliphatic carbocycles. The summed E-state index contributed by atoms with van der Waals surface area (Å²) in [5.41, 5.74) is 4.48. The van der Waals surface area contributed by atoms with Gasteiger partial charge in [-0.1, -0.05) is 23.4 Å². The third-order valence-electron chi connectivity index (χ3n) is 5.32. The van der Waals surface area contributed by atoms with Gasteiger partial charge in [0.25, 0.3) is 11.1 Å². The van der Waals surface area contributed by atoms with Crippen LogP contribution in [-0.2, 0) is 11.3 Å². The molecule has 12 heteroatoms. The average Bonchev–Trinajstić information content (AvgIpc) is 3.58. The second-order valence-electron chi connectivity index (χ2n) is 7.69. The summed E-state index contributed by atoms with van der Waals surface area (Å²) in [6.07, 6.45) is 2.09. The van der Waals surface area contributed by atoms with Gasteiger partial charge in [0.2, 0.25) is 0 Å². The largest absolute Gasteiger partial charge is 0.385 e. The molecule has 1 saturated carbocycles. The maximum atomic E-state index is 13.1. The number of nitrogens with one attached hydrogen (secondary N) is 1. The standard InChI is InChI=1S/C21H22ClN5O5S/c1-32-8-2-7-26-19(30)13-6-3-11(22)9-14(13)24-21(26)33-10-15(28)16-17(23)27(12-4-5-12)20(31)25-18(16)29/h3,6,9,12H,2,4-5,7-8,10,23H2,1H3,(H,25,29,31). The first-order chi connectivity index (χ1) is 15.8. The fourth-order valence-corrected chi connectivity index (χ4v) is 4.65. The van der Waals surface area contributed by atoms with Crippen LogP contribution in [0.2, 0.25) is 5.02 Å². The van der Waals surface area contributed by atoms with Crippen LogP contribution in [0.4, 0.5) is 5.82 Å². The van der Waals surface area contributed by atoms with Gasteiger partial charge in [-0.2, -0.15) is 0 Å². The highest BCUT2D eigenvalue weighted by Crippen LogP contribution is 2.35. The zero-order chi connectivity index (χ0) is 23.7. The molecule has 0 amide bonds. The Balaban J connectivity index is 1.68. The molecule has 3 aromatic rings. The lowest BCUT2D eigenvalue weighted by Crippen LogP contribution is -2.36. The number of carbonyl (C=O) groups is 1. The van der Waals surface area contributed by atoms with E-state index in [1.807, 2.05) is 0 Å². The van der Waals surface area contributed by atoms with Crippen molar-refractivity contribution < 1.29 is 9.53 Å². The lowest BCUT2D eigenvalue weighted by Gasteiger charge is -2.14. The molecule has 1 aromatic carbocycles. The Hall–Kier alpha value is -2.89. The molecule has 0 radical (unpaired) electrons. The number of nitrogens with two attached hydrogens (primary N) is 1. The lowest BCUT2D eigenvalue weighted by molar-refractivity contribution is 0.102. The smallest absolute Gasteiger partial charge is 0.330 e. The number of Topliss-reactive ketones (excluding diaryl/α,β-unsaturated/α-hetero) is 1. The van der Waals surface area contributed by atoms with Crippen LogP contribution in [-0.4, -0.2) is 44.4 Å². The predicted molar refractivity (Wildman–Crippen MR) is 127 cm³/mol. The molecular formula is C21H22ClN5O5S. The number of aromatic nitrogens is 4. The van der Waals surface area contributed by atoms with Crippen molar-refractivity contribution in [3.05, 3.63) is 60.0 Å². The summed E-state index contributed by atoms with van der Waals surface area (Å²) in [5.74, 6) is -0.886. The van der Waals surface area contributed by atoms with Gasteiger partial charge in [-0.3, -0.25) is 28.5 Å². The minimum Gasteiger partial charge on any atom is -0.385 e. The molecule has 0 aliphatic heterocycles. The molecule has 0 saturated heterocycles. The quantitative estimate of drug-likeness (QED) is 0.200. The summed E-state index contributed by atoms with van der Waals surface area (Å²) in [7, 11) is 1.57. The number of halogens is 1. The van der Waals surface area contributed by atoms with Gasteiger partial charge in [-0.15, -0.1) is 0 Å². The Morgan fingerprint density at radius 1 is 1.33 bits per heavy atom. The molecule has 0 atom stereocenters. The van der Waals surface area contributed by atoms with Crippen molar-refractivity contribution in [2.45, 2.75) is 37.0 Å². The first-order valence-electron chi connectivity index (χ1n) is 10.3. The average molecular weight is 492 g/mol. The first kappa shape index (κ1) is 23.3. The Morgan fingerprint density at radius 3 is 2.79 bits per heavy atom. The van der Waals surface area contributed by atoms with E-state index in [0.29, 0.717) is 40.7 Å². The number of carbonyl (C=O) groups excluding carboxylic acids is 1. The van der Waals surface area contributed by atoms with Crippen molar-refractivity contribution in [2.75, 3.05) is 25.2 Å². The summed E-state index contributed by atoms with van der Waals surface area (Å²) in [6.45, 7) is 0.785. The number of anilines is 1. The van der Waals surface area contributed by atoms with Gasteiger partial charge in [-0.05, 0) is 37.5 Å². The van der Waals surface area contributed by atoms with Gasteiger partial charge in [0.15, 0.2) is 10.9 Å². The Morgan fingerprint density at radius 2 is 2.09 bits per heavy atom. The van der Waals surface area contributed by atoms with Crippen molar-refractivity contribution in [1.82, 2.24) is 19.1 Å². The van der Waals surface area contributed by atoms with E-state index >= 15 is 0 Å². The molecule has 0 bridgehead atoms. The van der Waals surface area contributed by atoms with Crippen LogP contribution in [0.5, 0.6) is 0 Å². The Bertz CT molecular complexity index is 1410. The van der Waals surface area contributed by atoms with E-state index in [9.17, 15) is 19.2 Å². The molecule has 1 fully saturated rings. The fourth-order valence-electron chi connectivity index (χ4n) is 3.58. The summed E-state index contributed by atoms with van der Waals surface area (Å²) >= 11 is 7.08. The Kier molecular flexibility index (Phi) is 6.73. The molecule has 0 spiro atoms. The second kappa shape index (κ2) is 9.54. The summed E-state index contributed by atoms with van der Waals surface area (Å²) < 4.78 is 7.82. The number of ether oxygens (including phenoxy) is 1. The van der Waals surface area contributed by atoms with Crippen LogP contribution in [0, 0.1) is 0 Å². The third kappa shape index (κ3) is 4.75. The predicted octanol–water partition coefficient (Wildman–Crippen LogP) is 1.83. The maximum absolute atomic E-state index is 13.1. The molecule has 0 unspecified atom stereocenters. The van der Waals surface area contributed by atoms with Crippen molar-refractivity contribution in [2.24, 2.45) is 0 Å². The van der Waals surface area contributed by atoms with Crippen LogP contribution >= 0.6 is 23.4 Å². The van der Waals surface area contributed by atoms with E-state index in [4.69, 9.17) is 22.1 Å². The van der Waals surface area contributed by atoms with Gasteiger partial charge >= 0.3 is 5.69 Å². The molecule has 33 heavy (non-hydrogen) atoms. The summed E-state index contributed by atoms with van der Waals surface area (Å²) in [5, 5.41) is 1.15. The van der Waals surface area contributed by atoms with Crippen LogP contribution in [0.15, 0.2) is 37.7 Å². The van der Waals surface area contributed by atoms with E-state index in [-0.39, 0.29) is 28.7 Å². The normalized spacial score (nSPS) is 13.5. The second-order valence-corrected chi connectivity index (χ2v) is 9.07. The topological polar surface area (TPSA) is 142 Å². The van der Waals surface area contributed by atoms with Gasteiger partial charge in [0, 0.05) is 31.3 Å². The number of thioether (sulfide) groups is 1. The number of hydrogen-bond donors (Lipinski definition) is 2. The number of aromatic amines is 1. The van der Waals surface area contributed by atoms with Crippen LogP contribution in [0.3, 0.4) is 0 Å². The number of benzene rings is 1. The summed E-state index contributed by atoms with van der Waals surface area (Å²) in [6, 6.07) is 4.71. The number of fused-ring (bicyclic) bond motifs is 1. The third-order valence-corrected chi connectivity index (χ3v) is 6.53. The molecule has 3 N–H and O–H groups in total. The van der Waals surface area contributed by atoms with Crippen molar-refractivity contribution in [3.8, 4) is 0 Å². The fraction of sp³-hybridized carbons (Fsp3) is 0.381. The monoisotopic (exact) mass is 491 g/mol. The van der Waals surface area contributed by atoms with Gasteiger partial charge in [-0.25, -0.2) is 9.78 Å². The molecule has 10 nitrogen and oxygen atoms in total. The summed E-state index contributed by atoms with van der Waals surface area (Å²) in [4.78, 5) is 57.2. The molecular weight excluding hydrogens is 470 g/mol. The van der Waals surface area contributed by atoms with E-state index in [2.05, 4.69) is 9.97 Å². The number of ketones is 1.